The van der Waals surface area contributed by atoms with Gasteiger partial charge in [0.05, 0.1) is 22.0 Å². The second kappa shape index (κ2) is 9.38. The number of carbonyl (C=O) groups is 1. The molecule has 0 radical (unpaired) electrons. The Kier molecular flexibility index (Phi) is 6.65. The first kappa shape index (κ1) is 24.8. The number of aromatic nitrogens is 4. The number of hydrogen-bond acceptors (Lipinski definition) is 7. The highest BCUT2D eigenvalue weighted by atomic mass is 35.5. The SMILES string of the molecule is CC(C)(CCc1ncc(-c2noc(C(F)(F)F)n2)cc1C(N)=O)c1nc(-c2ccc(Cl)cc2)cs1. The fourth-order valence-electron chi connectivity index (χ4n) is 3.36. The van der Waals surface area contributed by atoms with Crippen LogP contribution in [0.4, 0.5) is 13.2 Å². The van der Waals surface area contributed by atoms with Crippen molar-refractivity contribution in [1.82, 2.24) is 20.1 Å². The molecule has 2 N–H and O–H groups in total. The molecular formula is C23H19ClF3N5O2S. The topological polar surface area (TPSA) is 108 Å². The minimum Gasteiger partial charge on any atom is -0.366 e. The number of benzene rings is 1. The van der Waals surface area contributed by atoms with Crippen LogP contribution in [0.5, 0.6) is 0 Å². The van der Waals surface area contributed by atoms with E-state index in [9.17, 15) is 18.0 Å². The summed E-state index contributed by atoms with van der Waals surface area (Å²) in [5.74, 6) is -2.58. The van der Waals surface area contributed by atoms with Crippen molar-refractivity contribution in [3.05, 3.63) is 69.1 Å². The van der Waals surface area contributed by atoms with Gasteiger partial charge >= 0.3 is 12.1 Å². The minimum atomic E-state index is -4.78. The Labute approximate surface area is 207 Å². The molecule has 182 valence electrons. The lowest BCUT2D eigenvalue weighted by Gasteiger charge is -2.22. The maximum absolute atomic E-state index is 12.8. The van der Waals surface area contributed by atoms with Gasteiger partial charge in [0.2, 0.25) is 5.82 Å². The molecule has 0 aliphatic heterocycles. The van der Waals surface area contributed by atoms with Crippen LogP contribution in [0.1, 0.15) is 47.2 Å². The third kappa shape index (κ3) is 5.51. The molecule has 0 saturated heterocycles. The maximum atomic E-state index is 12.8. The molecule has 0 saturated carbocycles. The molecule has 7 nitrogen and oxygen atoms in total. The molecular weight excluding hydrogens is 503 g/mol. The van der Waals surface area contributed by atoms with Gasteiger partial charge in [0.15, 0.2) is 0 Å². The Morgan fingerprint density at radius 1 is 1.14 bits per heavy atom. The zero-order chi connectivity index (χ0) is 25.4. The zero-order valence-electron chi connectivity index (χ0n) is 18.6. The van der Waals surface area contributed by atoms with Crippen LogP contribution in [-0.2, 0) is 18.0 Å². The van der Waals surface area contributed by atoms with E-state index < -0.39 is 18.0 Å². The van der Waals surface area contributed by atoms with Crippen LogP contribution in [-0.4, -0.2) is 26.0 Å². The molecule has 1 amide bonds. The van der Waals surface area contributed by atoms with Gasteiger partial charge in [-0.05, 0) is 31.0 Å². The number of amides is 1. The average Bonchev–Trinajstić information content (AvgIpc) is 3.49. The molecule has 0 aliphatic carbocycles. The number of pyridine rings is 1. The van der Waals surface area contributed by atoms with Crippen molar-refractivity contribution >= 4 is 28.8 Å². The molecule has 4 rings (SSSR count). The standard InChI is InChI=1S/C23H19ClF3N5O2S/c1-22(2,21-30-17(11-35-21)12-3-5-14(24)6-4-12)8-7-16-15(18(28)33)9-13(10-29-16)19-31-20(34-32-19)23(25,26)27/h3-6,9-11H,7-8H2,1-2H3,(H2,28,33). The van der Waals surface area contributed by atoms with Gasteiger partial charge in [-0.2, -0.15) is 18.2 Å². The Balaban J connectivity index is 1.53. The lowest BCUT2D eigenvalue weighted by Crippen LogP contribution is -2.20. The molecule has 0 fully saturated rings. The number of halogens is 4. The fourth-order valence-corrected chi connectivity index (χ4v) is 4.47. The zero-order valence-corrected chi connectivity index (χ0v) is 20.1. The summed E-state index contributed by atoms with van der Waals surface area (Å²) >= 11 is 7.49. The van der Waals surface area contributed by atoms with E-state index in [0.717, 1.165) is 16.3 Å². The first-order valence-electron chi connectivity index (χ1n) is 10.4. The second-order valence-corrected chi connectivity index (χ2v) is 9.73. The Morgan fingerprint density at radius 3 is 2.49 bits per heavy atom. The highest BCUT2D eigenvalue weighted by Crippen LogP contribution is 2.35. The summed E-state index contributed by atoms with van der Waals surface area (Å²) in [5.41, 5.74) is 7.56. The molecule has 0 aliphatic rings. The van der Waals surface area contributed by atoms with Crippen LogP contribution < -0.4 is 5.73 Å². The van der Waals surface area contributed by atoms with Gasteiger partial charge < -0.3 is 10.3 Å². The van der Waals surface area contributed by atoms with Crippen molar-refractivity contribution in [3.63, 3.8) is 0 Å². The first-order chi connectivity index (χ1) is 16.4. The summed E-state index contributed by atoms with van der Waals surface area (Å²) in [5, 5.41) is 6.86. The molecule has 4 aromatic rings. The number of alkyl halides is 3. The molecule has 3 heterocycles. The molecule has 3 aromatic heterocycles. The Morgan fingerprint density at radius 2 is 1.86 bits per heavy atom. The first-order valence-corrected chi connectivity index (χ1v) is 11.6. The third-order valence-electron chi connectivity index (χ3n) is 5.37. The van der Waals surface area contributed by atoms with E-state index in [-0.39, 0.29) is 22.4 Å². The summed E-state index contributed by atoms with van der Waals surface area (Å²) in [7, 11) is 0. The summed E-state index contributed by atoms with van der Waals surface area (Å²) in [6, 6.07) is 8.74. The summed E-state index contributed by atoms with van der Waals surface area (Å²) in [4.78, 5) is 24.4. The van der Waals surface area contributed by atoms with Crippen molar-refractivity contribution in [2.24, 2.45) is 5.73 Å². The smallest absolute Gasteiger partial charge is 0.366 e. The summed E-state index contributed by atoms with van der Waals surface area (Å²) < 4.78 is 42.5. The van der Waals surface area contributed by atoms with Gasteiger partial charge in [0.25, 0.3) is 5.91 Å². The summed E-state index contributed by atoms with van der Waals surface area (Å²) in [6.07, 6.45) is -2.50. The third-order valence-corrected chi connectivity index (χ3v) is 6.83. The van der Waals surface area contributed by atoms with Crippen LogP contribution in [0.15, 0.2) is 46.4 Å². The van der Waals surface area contributed by atoms with Crippen molar-refractivity contribution in [1.29, 1.82) is 0 Å². The molecule has 0 unspecified atom stereocenters. The highest BCUT2D eigenvalue weighted by Gasteiger charge is 2.38. The number of primary amides is 1. The van der Waals surface area contributed by atoms with E-state index in [2.05, 4.69) is 19.6 Å². The van der Waals surface area contributed by atoms with Gasteiger partial charge in [-0.15, -0.1) is 11.3 Å². The van der Waals surface area contributed by atoms with E-state index in [1.807, 2.05) is 31.4 Å². The largest absolute Gasteiger partial charge is 0.471 e. The number of rotatable bonds is 7. The predicted octanol–water partition coefficient (Wildman–Crippen LogP) is 5.94. The Hall–Kier alpha value is -3.31. The molecule has 0 atom stereocenters. The number of hydrogen-bond donors (Lipinski definition) is 1. The van der Waals surface area contributed by atoms with Crippen LogP contribution in [0.3, 0.4) is 0 Å². The molecule has 12 heteroatoms. The van der Waals surface area contributed by atoms with Gasteiger partial charge in [-0.1, -0.05) is 42.7 Å². The molecule has 35 heavy (non-hydrogen) atoms. The van der Waals surface area contributed by atoms with Gasteiger partial charge in [0, 0.05) is 33.1 Å². The van der Waals surface area contributed by atoms with Crippen molar-refractivity contribution in [3.8, 4) is 22.6 Å². The van der Waals surface area contributed by atoms with Crippen molar-refractivity contribution in [2.75, 3.05) is 0 Å². The van der Waals surface area contributed by atoms with Gasteiger partial charge in [0.1, 0.15) is 0 Å². The summed E-state index contributed by atoms with van der Waals surface area (Å²) in [6.45, 7) is 4.07. The number of thiazole rings is 1. The van der Waals surface area contributed by atoms with E-state index in [4.69, 9.17) is 22.3 Å². The van der Waals surface area contributed by atoms with E-state index in [1.165, 1.54) is 23.6 Å². The van der Waals surface area contributed by atoms with Gasteiger partial charge in [-0.3, -0.25) is 9.78 Å². The molecule has 0 spiro atoms. The number of nitrogens with two attached hydrogens (primary N) is 1. The van der Waals surface area contributed by atoms with Crippen molar-refractivity contribution < 1.29 is 22.5 Å². The second-order valence-electron chi connectivity index (χ2n) is 8.43. The van der Waals surface area contributed by atoms with E-state index >= 15 is 0 Å². The number of carbonyl (C=O) groups excluding carboxylic acids is 1. The van der Waals surface area contributed by atoms with E-state index in [1.54, 1.807) is 12.1 Å². The monoisotopic (exact) mass is 521 g/mol. The minimum absolute atomic E-state index is 0.0812. The number of nitrogens with zero attached hydrogens (tertiary/aromatic N) is 4. The van der Waals surface area contributed by atoms with Crippen LogP contribution in [0.2, 0.25) is 5.02 Å². The maximum Gasteiger partial charge on any atom is 0.471 e. The Bertz CT molecular complexity index is 1370. The fraction of sp³-hybridized carbons (Fsp3) is 0.261. The highest BCUT2D eigenvalue weighted by molar-refractivity contribution is 7.10. The quantitative estimate of drug-likeness (QED) is 0.322. The lowest BCUT2D eigenvalue weighted by atomic mass is 9.87. The number of aryl methyl sites for hydroxylation is 1. The van der Waals surface area contributed by atoms with Crippen LogP contribution >= 0.6 is 22.9 Å². The van der Waals surface area contributed by atoms with E-state index in [0.29, 0.717) is 23.6 Å². The molecule has 0 bridgehead atoms. The normalized spacial score (nSPS) is 12.2. The van der Waals surface area contributed by atoms with Crippen LogP contribution in [0.25, 0.3) is 22.6 Å². The average molecular weight is 522 g/mol. The van der Waals surface area contributed by atoms with Crippen LogP contribution in [0, 0.1) is 0 Å². The lowest BCUT2D eigenvalue weighted by molar-refractivity contribution is -0.159. The molecule has 1 aromatic carbocycles. The van der Waals surface area contributed by atoms with Crippen molar-refractivity contribution in [2.45, 2.75) is 38.3 Å². The predicted molar refractivity (Wildman–Crippen MR) is 125 cm³/mol. The van der Waals surface area contributed by atoms with Gasteiger partial charge in [-0.25, -0.2) is 4.98 Å².